The van der Waals surface area contributed by atoms with Gasteiger partial charge in [-0.3, -0.25) is 9.59 Å². The number of aliphatic carboxylic acids is 1. The van der Waals surface area contributed by atoms with E-state index in [1.165, 1.54) is 0 Å². The fourth-order valence-corrected chi connectivity index (χ4v) is 2.62. The highest BCUT2D eigenvalue weighted by Gasteiger charge is 2.46. The maximum Gasteiger partial charge on any atom is 0.305 e. The van der Waals surface area contributed by atoms with Crippen molar-refractivity contribution in [3.05, 3.63) is 0 Å². The van der Waals surface area contributed by atoms with Crippen molar-refractivity contribution in [2.24, 2.45) is 5.92 Å². The van der Waals surface area contributed by atoms with Crippen molar-refractivity contribution in [2.45, 2.75) is 44.8 Å². The van der Waals surface area contributed by atoms with Crippen LogP contribution < -0.4 is 0 Å². The molecule has 0 spiro atoms. The van der Waals surface area contributed by atoms with Crippen molar-refractivity contribution in [2.75, 3.05) is 26.3 Å². The zero-order chi connectivity index (χ0) is 14.5. The average Bonchev–Trinajstić information content (AvgIpc) is 2.98. The highest BCUT2D eigenvalue weighted by molar-refractivity contribution is 5.82. The molecule has 0 aromatic rings. The van der Waals surface area contributed by atoms with Crippen molar-refractivity contribution in [1.29, 1.82) is 0 Å². The quantitative estimate of drug-likeness (QED) is 0.717. The van der Waals surface area contributed by atoms with Crippen molar-refractivity contribution in [1.82, 2.24) is 4.90 Å². The lowest BCUT2D eigenvalue weighted by atomic mass is 10.2. The second kappa shape index (κ2) is 7.04. The summed E-state index contributed by atoms with van der Waals surface area (Å²) < 4.78 is 11.0. The molecule has 20 heavy (non-hydrogen) atoms. The number of amides is 1. The lowest BCUT2D eigenvalue weighted by Crippen LogP contribution is -2.40. The smallest absolute Gasteiger partial charge is 0.305 e. The molecule has 6 nitrogen and oxygen atoms in total. The lowest BCUT2D eigenvalue weighted by molar-refractivity contribution is -0.139. The molecule has 1 aliphatic carbocycles. The standard InChI is InChI=1S/C14H23NO5/c1-2-19-12-8-11(12)14(18)15(6-5-13(16)17)9-10-4-3-7-20-10/h10-12H,2-9H2,1H3,(H,16,17)/t10-,11-,12+/m0/s1. The third kappa shape index (κ3) is 4.18. The molecule has 1 heterocycles. The Morgan fingerprint density at radius 3 is 2.85 bits per heavy atom. The predicted octanol–water partition coefficient (Wildman–Crippen LogP) is 0.894. The molecule has 0 bridgehead atoms. The minimum Gasteiger partial charge on any atom is -0.481 e. The summed E-state index contributed by atoms with van der Waals surface area (Å²) in [7, 11) is 0. The van der Waals surface area contributed by atoms with Crippen molar-refractivity contribution in [3.8, 4) is 0 Å². The van der Waals surface area contributed by atoms with Crippen LogP contribution in [0.4, 0.5) is 0 Å². The van der Waals surface area contributed by atoms with Gasteiger partial charge in [-0.2, -0.15) is 0 Å². The molecular weight excluding hydrogens is 262 g/mol. The molecule has 0 aromatic heterocycles. The van der Waals surface area contributed by atoms with E-state index in [1.807, 2.05) is 6.92 Å². The highest BCUT2D eigenvalue weighted by Crippen LogP contribution is 2.35. The van der Waals surface area contributed by atoms with Crippen LogP contribution in [-0.4, -0.2) is 60.4 Å². The Bertz CT molecular complexity index is 353. The zero-order valence-corrected chi connectivity index (χ0v) is 11.9. The first-order valence-electron chi connectivity index (χ1n) is 7.35. The van der Waals surface area contributed by atoms with Gasteiger partial charge in [-0.05, 0) is 26.2 Å². The number of hydrogen-bond donors (Lipinski definition) is 1. The normalized spacial score (nSPS) is 28.4. The van der Waals surface area contributed by atoms with E-state index in [4.69, 9.17) is 14.6 Å². The van der Waals surface area contributed by atoms with Gasteiger partial charge >= 0.3 is 5.97 Å². The molecule has 2 rings (SSSR count). The van der Waals surface area contributed by atoms with Crippen molar-refractivity contribution in [3.63, 3.8) is 0 Å². The lowest BCUT2D eigenvalue weighted by Gasteiger charge is -2.25. The van der Waals surface area contributed by atoms with Crippen LogP contribution in [0, 0.1) is 5.92 Å². The summed E-state index contributed by atoms with van der Waals surface area (Å²) in [6.45, 7) is 4.01. The third-order valence-corrected chi connectivity index (χ3v) is 3.79. The molecule has 114 valence electrons. The molecule has 1 saturated heterocycles. The third-order valence-electron chi connectivity index (χ3n) is 3.79. The molecule has 2 aliphatic rings. The summed E-state index contributed by atoms with van der Waals surface area (Å²) in [5, 5.41) is 8.80. The number of nitrogens with zero attached hydrogens (tertiary/aromatic N) is 1. The van der Waals surface area contributed by atoms with E-state index in [-0.39, 0.29) is 37.0 Å². The molecule has 0 unspecified atom stereocenters. The summed E-state index contributed by atoms with van der Waals surface area (Å²) in [5.74, 6) is -0.961. The van der Waals surface area contributed by atoms with Gasteiger partial charge in [0.05, 0.1) is 24.5 Å². The molecule has 1 amide bonds. The van der Waals surface area contributed by atoms with E-state index >= 15 is 0 Å². The molecule has 0 aromatic carbocycles. The minimum atomic E-state index is -0.882. The number of hydrogen-bond acceptors (Lipinski definition) is 4. The second-order valence-corrected chi connectivity index (χ2v) is 5.40. The second-order valence-electron chi connectivity index (χ2n) is 5.40. The monoisotopic (exact) mass is 285 g/mol. The van der Waals surface area contributed by atoms with Gasteiger partial charge in [0.15, 0.2) is 0 Å². The molecule has 1 saturated carbocycles. The van der Waals surface area contributed by atoms with Crippen molar-refractivity contribution < 1.29 is 24.2 Å². The molecule has 1 aliphatic heterocycles. The first-order chi connectivity index (χ1) is 9.61. The molecule has 6 heteroatoms. The summed E-state index contributed by atoms with van der Waals surface area (Å²) in [6, 6.07) is 0. The first-order valence-corrected chi connectivity index (χ1v) is 7.35. The van der Waals surface area contributed by atoms with E-state index in [1.54, 1.807) is 4.90 Å². The summed E-state index contributed by atoms with van der Waals surface area (Å²) >= 11 is 0. The Hall–Kier alpha value is -1.14. The van der Waals surface area contributed by atoms with Gasteiger partial charge < -0.3 is 19.5 Å². The minimum absolute atomic E-state index is 0.0141. The number of carboxylic acids is 1. The summed E-state index contributed by atoms with van der Waals surface area (Å²) in [4.78, 5) is 24.8. The van der Waals surface area contributed by atoms with Crippen LogP contribution in [0.1, 0.15) is 32.6 Å². The van der Waals surface area contributed by atoms with E-state index in [0.29, 0.717) is 13.2 Å². The Labute approximate surface area is 119 Å². The van der Waals surface area contributed by atoms with E-state index in [9.17, 15) is 9.59 Å². The number of carbonyl (C=O) groups is 2. The molecule has 0 radical (unpaired) electrons. The van der Waals surface area contributed by atoms with Gasteiger partial charge in [0, 0.05) is 26.3 Å². The van der Waals surface area contributed by atoms with E-state index in [2.05, 4.69) is 0 Å². The highest BCUT2D eigenvalue weighted by atomic mass is 16.5. The maximum absolute atomic E-state index is 12.4. The Balaban J connectivity index is 1.87. The molecule has 3 atom stereocenters. The predicted molar refractivity (Wildman–Crippen MR) is 71.3 cm³/mol. The zero-order valence-electron chi connectivity index (χ0n) is 11.9. The van der Waals surface area contributed by atoms with Gasteiger partial charge in [0.2, 0.25) is 5.91 Å². The SMILES string of the molecule is CCO[C@@H]1C[C@@H]1C(=O)N(CCC(=O)O)C[C@@H]1CCCO1. The van der Waals surface area contributed by atoms with E-state index in [0.717, 1.165) is 25.9 Å². The number of rotatable bonds is 8. The van der Waals surface area contributed by atoms with Gasteiger partial charge in [0.25, 0.3) is 0 Å². The Kier molecular flexibility index (Phi) is 5.37. The van der Waals surface area contributed by atoms with Gasteiger partial charge in [-0.1, -0.05) is 0 Å². The number of carboxylic acid groups (broad SMARTS) is 1. The first kappa shape index (κ1) is 15.3. The molecule has 2 fully saturated rings. The fourth-order valence-electron chi connectivity index (χ4n) is 2.62. The van der Waals surface area contributed by atoms with Crippen LogP contribution in [0.5, 0.6) is 0 Å². The van der Waals surface area contributed by atoms with Crippen LogP contribution in [-0.2, 0) is 19.1 Å². The topological polar surface area (TPSA) is 76.1 Å². The fraction of sp³-hybridized carbons (Fsp3) is 0.857. The van der Waals surface area contributed by atoms with Gasteiger partial charge in [-0.25, -0.2) is 0 Å². The molecule has 1 N–H and O–H groups in total. The molecular formula is C14H23NO5. The summed E-state index contributed by atoms with van der Waals surface area (Å²) in [6.07, 6.45) is 2.75. The van der Waals surface area contributed by atoms with Crippen LogP contribution in [0.25, 0.3) is 0 Å². The van der Waals surface area contributed by atoms with E-state index < -0.39 is 5.97 Å². The largest absolute Gasteiger partial charge is 0.481 e. The number of carbonyl (C=O) groups excluding carboxylic acids is 1. The van der Waals surface area contributed by atoms with Crippen LogP contribution >= 0.6 is 0 Å². The average molecular weight is 285 g/mol. The van der Waals surface area contributed by atoms with Crippen LogP contribution in [0.2, 0.25) is 0 Å². The van der Waals surface area contributed by atoms with Gasteiger partial charge in [-0.15, -0.1) is 0 Å². The van der Waals surface area contributed by atoms with Crippen molar-refractivity contribution >= 4 is 11.9 Å². The Morgan fingerprint density at radius 1 is 1.45 bits per heavy atom. The van der Waals surface area contributed by atoms with Gasteiger partial charge in [0.1, 0.15) is 0 Å². The van der Waals surface area contributed by atoms with Crippen LogP contribution in [0.15, 0.2) is 0 Å². The summed E-state index contributed by atoms with van der Waals surface area (Å²) in [5.41, 5.74) is 0. The number of ether oxygens (including phenoxy) is 2. The van der Waals surface area contributed by atoms with Crippen LogP contribution in [0.3, 0.4) is 0 Å². The Morgan fingerprint density at radius 2 is 2.25 bits per heavy atom. The maximum atomic E-state index is 12.4.